The summed E-state index contributed by atoms with van der Waals surface area (Å²) in [4.78, 5) is 1.60. The van der Waals surface area contributed by atoms with Crippen molar-refractivity contribution in [3.8, 4) is 5.75 Å². The molecule has 0 aliphatic rings. The van der Waals surface area contributed by atoms with E-state index in [9.17, 15) is 0 Å². The second kappa shape index (κ2) is 6.58. The fourth-order valence-corrected chi connectivity index (χ4v) is 4.12. The van der Waals surface area contributed by atoms with Crippen molar-refractivity contribution >= 4 is 27.3 Å². The van der Waals surface area contributed by atoms with Crippen molar-refractivity contribution in [2.45, 2.75) is 32.0 Å². The van der Waals surface area contributed by atoms with Gasteiger partial charge in [-0.1, -0.05) is 40.5 Å². The van der Waals surface area contributed by atoms with Crippen molar-refractivity contribution < 1.29 is 4.74 Å². The van der Waals surface area contributed by atoms with Crippen LogP contribution in [0.1, 0.15) is 40.2 Å². The van der Waals surface area contributed by atoms with Crippen LogP contribution in [-0.4, -0.2) is 6.61 Å². The average Bonchev–Trinajstić information content (AvgIpc) is 2.88. The molecule has 2 rings (SSSR count). The van der Waals surface area contributed by atoms with Crippen LogP contribution >= 0.6 is 27.3 Å². The highest BCUT2D eigenvalue weighted by molar-refractivity contribution is 9.09. The van der Waals surface area contributed by atoms with Gasteiger partial charge in [0.05, 0.1) is 11.4 Å². The van der Waals surface area contributed by atoms with E-state index < -0.39 is 0 Å². The molecule has 19 heavy (non-hydrogen) atoms. The lowest BCUT2D eigenvalue weighted by molar-refractivity contribution is 0.337. The number of hydrogen-bond acceptors (Lipinski definition) is 2. The molecule has 0 radical (unpaired) electrons. The lowest BCUT2D eigenvalue weighted by Crippen LogP contribution is -2.00. The molecular formula is C16H19BrOS. The number of thiophene rings is 1. The Hall–Kier alpha value is -0.800. The van der Waals surface area contributed by atoms with Crippen LogP contribution in [0.4, 0.5) is 0 Å². The first kappa shape index (κ1) is 14.6. The van der Waals surface area contributed by atoms with Crippen LogP contribution in [0.25, 0.3) is 0 Å². The molecule has 0 aliphatic heterocycles. The zero-order valence-electron chi connectivity index (χ0n) is 11.6. The van der Waals surface area contributed by atoms with Gasteiger partial charge >= 0.3 is 0 Å². The first-order valence-electron chi connectivity index (χ1n) is 6.61. The summed E-state index contributed by atoms with van der Waals surface area (Å²) in [5.74, 6) is 0.977. The van der Waals surface area contributed by atoms with Crippen LogP contribution in [0.3, 0.4) is 0 Å². The smallest absolute Gasteiger partial charge is 0.123 e. The van der Waals surface area contributed by atoms with Crippen molar-refractivity contribution in [2.75, 3.05) is 6.61 Å². The third-order valence-electron chi connectivity index (χ3n) is 3.13. The maximum atomic E-state index is 5.76. The summed E-state index contributed by atoms with van der Waals surface area (Å²) in [6.45, 7) is 7.04. The van der Waals surface area contributed by atoms with E-state index in [1.807, 2.05) is 18.3 Å². The Morgan fingerprint density at radius 3 is 2.74 bits per heavy atom. The highest BCUT2D eigenvalue weighted by atomic mass is 79.9. The molecule has 102 valence electrons. The van der Waals surface area contributed by atoms with Gasteiger partial charge in [-0.05, 0) is 43.3 Å². The fourth-order valence-electron chi connectivity index (χ4n) is 2.16. The zero-order valence-corrected chi connectivity index (χ0v) is 14.0. The van der Waals surface area contributed by atoms with Gasteiger partial charge in [0, 0.05) is 10.4 Å². The van der Waals surface area contributed by atoms with E-state index in [2.05, 4.69) is 59.4 Å². The Morgan fingerprint density at radius 1 is 1.26 bits per heavy atom. The Labute approximate surface area is 127 Å². The lowest BCUT2D eigenvalue weighted by atomic mass is 10.0. The number of benzene rings is 1. The average molecular weight is 339 g/mol. The van der Waals surface area contributed by atoms with Crippen LogP contribution in [0.5, 0.6) is 5.75 Å². The molecule has 2 aromatic rings. The summed E-state index contributed by atoms with van der Waals surface area (Å²) < 4.78 is 5.76. The predicted octanol–water partition coefficient (Wildman–Crippen LogP) is 5.50. The van der Waals surface area contributed by atoms with Gasteiger partial charge in [0.1, 0.15) is 5.75 Å². The fraction of sp³-hybridized carbons (Fsp3) is 0.375. The number of halogens is 1. The molecule has 0 aliphatic carbocycles. The first-order valence-corrected chi connectivity index (χ1v) is 8.40. The predicted molar refractivity (Wildman–Crippen MR) is 86.8 cm³/mol. The SMILES string of the molecule is CCOc1ccc(C)cc1C(Br)c1sccc1CC. The maximum absolute atomic E-state index is 5.76. The maximum Gasteiger partial charge on any atom is 0.123 e. The number of rotatable bonds is 5. The second-order valence-electron chi connectivity index (χ2n) is 4.50. The van der Waals surface area contributed by atoms with E-state index in [0.717, 1.165) is 12.2 Å². The molecule has 0 N–H and O–H groups in total. The van der Waals surface area contributed by atoms with Crippen LogP contribution < -0.4 is 4.74 Å². The third kappa shape index (κ3) is 3.21. The number of hydrogen-bond donors (Lipinski definition) is 0. The number of ether oxygens (including phenoxy) is 1. The largest absolute Gasteiger partial charge is 0.494 e. The Balaban J connectivity index is 2.42. The standard InChI is InChI=1S/C16H19BrOS/c1-4-12-8-9-19-16(12)15(17)13-10-11(3)6-7-14(13)18-5-2/h6-10,15H,4-5H2,1-3H3. The van der Waals surface area contributed by atoms with Gasteiger partial charge in [0.2, 0.25) is 0 Å². The monoisotopic (exact) mass is 338 g/mol. The van der Waals surface area contributed by atoms with Crippen molar-refractivity contribution in [3.63, 3.8) is 0 Å². The van der Waals surface area contributed by atoms with Crippen molar-refractivity contribution in [1.82, 2.24) is 0 Å². The first-order chi connectivity index (χ1) is 9.17. The molecule has 1 aromatic heterocycles. The normalized spacial score (nSPS) is 12.4. The van der Waals surface area contributed by atoms with Gasteiger partial charge in [-0.3, -0.25) is 0 Å². The molecule has 0 saturated carbocycles. The van der Waals surface area contributed by atoms with Gasteiger partial charge < -0.3 is 4.74 Å². The molecule has 0 spiro atoms. The van der Waals surface area contributed by atoms with E-state index in [4.69, 9.17) is 4.74 Å². The van der Waals surface area contributed by atoms with Crippen molar-refractivity contribution in [2.24, 2.45) is 0 Å². The zero-order chi connectivity index (χ0) is 13.8. The molecule has 0 bridgehead atoms. The van der Waals surface area contributed by atoms with Crippen LogP contribution in [0.15, 0.2) is 29.6 Å². The lowest BCUT2D eigenvalue weighted by Gasteiger charge is -2.16. The highest BCUT2D eigenvalue weighted by Gasteiger charge is 2.19. The summed E-state index contributed by atoms with van der Waals surface area (Å²) in [7, 11) is 0. The molecule has 1 heterocycles. The van der Waals surface area contributed by atoms with Crippen molar-refractivity contribution in [1.29, 1.82) is 0 Å². The van der Waals surface area contributed by atoms with E-state index in [1.54, 1.807) is 0 Å². The van der Waals surface area contributed by atoms with Crippen LogP contribution in [0, 0.1) is 6.92 Å². The third-order valence-corrected chi connectivity index (χ3v) is 5.41. The molecular weight excluding hydrogens is 320 g/mol. The Kier molecular flexibility index (Phi) is 5.06. The summed E-state index contributed by atoms with van der Waals surface area (Å²) >= 11 is 5.66. The van der Waals surface area contributed by atoms with Crippen molar-refractivity contribution in [3.05, 3.63) is 51.2 Å². The molecule has 1 unspecified atom stereocenters. The molecule has 0 fully saturated rings. The number of alkyl halides is 1. The number of aryl methyl sites for hydroxylation is 2. The van der Waals surface area contributed by atoms with Crippen LogP contribution in [0.2, 0.25) is 0 Å². The minimum atomic E-state index is 0.212. The molecule has 1 nitrogen and oxygen atoms in total. The van der Waals surface area contributed by atoms with E-state index in [-0.39, 0.29) is 4.83 Å². The van der Waals surface area contributed by atoms with Gasteiger partial charge in [0.25, 0.3) is 0 Å². The molecule has 0 saturated heterocycles. The Bertz CT molecular complexity index is 547. The molecule has 1 atom stereocenters. The van der Waals surface area contributed by atoms with Crippen LogP contribution in [-0.2, 0) is 6.42 Å². The summed E-state index contributed by atoms with van der Waals surface area (Å²) in [6.07, 6.45) is 1.07. The van der Waals surface area contributed by atoms with E-state index >= 15 is 0 Å². The minimum Gasteiger partial charge on any atom is -0.494 e. The second-order valence-corrected chi connectivity index (χ2v) is 6.36. The van der Waals surface area contributed by atoms with Gasteiger partial charge in [-0.15, -0.1) is 11.3 Å². The summed E-state index contributed by atoms with van der Waals surface area (Å²) in [5.41, 5.74) is 3.90. The molecule has 3 heteroatoms. The topological polar surface area (TPSA) is 9.23 Å². The minimum absolute atomic E-state index is 0.212. The van der Waals surface area contributed by atoms with Gasteiger partial charge in [-0.25, -0.2) is 0 Å². The summed E-state index contributed by atoms with van der Waals surface area (Å²) in [6, 6.07) is 8.60. The van der Waals surface area contributed by atoms with E-state index in [1.165, 1.54) is 21.6 Å². The quantitative estimate of drug-likeness (QED) is 0.654. The highest BCUT2D eigenvalue weighted by Crippen LogP contribution is 2.41. The molecule has 1 aromatic carbocycles. The summed E-state index contributed by atoms with van der Waals surface area (Å²) in [5, 5.41) is 2.17. The van der Waals surface area contributed by atoms with E-state index in [0.29, 0.717) is 6.61 Å². The Morgan fingerprint density at radius 2 is 2.05 bits per heavy atom. The van der Waals surface area contributed by atoms with Gasteiger partial charge in [0.15, 0.2) is 0 Å². The van der Waals surface area contributed by atoms with Gasteiger partial charge in [-0.2, -0.15) is 0 Å². The molecule has 0 amide bonds.